The number of fused-ring (bicyclic) bond motifs is 2. The molecule has 0 atom stereocenters. The molecule has 0 amide bonds. The number of nitrogens with zero attached hydrogens (tertiary/aromatic N) is 2. The van der Waals surface area contributed by atoms with Crippen molar-refractivity contribution in [2.24, 2.45) is 0 Å². The highest BCUT2D eigenvalue weighted by atomic mass is 16.1. The van der Waals surface area contributed by atoms with E-state index in [0.29, 0.717) is 29.1 Å². The van der Waals surface area contributed by atoms with Gasteiger partial charge in [-0.3, -0.25) is 4.79 Å². The molecule has 0 aliphatic carbocycles. The monoisotopic (exact) mass is 304 g/mol. The van der Waals surface area contributed by atoms with E-state index in [1.165, 1.54) is 0 Å². The lowest BCUT2D eigenvalue weighted by atomic mass is 10.1. The Hall–Kier alpha value is -3.08. The number of hydrogen-bond acceptors (Lipinski definition) is 3. The second-order valence-corrected chi connectivity index (χ2v) is 5.45. The molecule has 0 bridgehead atoms. The maximum atomic E-state index is 12.9. The molecule has 2 aromatic carbocycles. The lowest BCUT2D eigenvalue weighted by Crippen LogP contribution is -2.17. The number of nitrogens with two attached hydrogens (primary N) is 1. The molecule has 0 unspecified atom stereocenters. The number of aryl methyl sites for hydroxylation is 1. The first-order valence-corrected chi connectivity index (χ1v) is 7.57. The molecule has 23 heavy (non-hydrogen) atoms. The number of H-pyrrole nitrogens is 1. The van der Waals surface area contributed by atoms with Crippen molar-refractivity contribution in [1.29, 1.82) is 0 Å². The number of imidazole rings is 1. The summed E-state index contributed by atoms with van der Waals surface area (Å²) < 4.78 is 1.94. The number of anilines is 1. The van der Waals surface area contributed by atoms with Crippen LogP contribution >= 0.6 is 0 Å². The van der Waals surface area contributed by atoms with Crippen molar-refractivity contribution in [2.45, 2.75) is 13.5 Å². The second-order valence-electron chi connectivity index (χ2n) is 5.45. The molecule has 0 aliphatic heterocycles. The minimum absolute atomic E-state index is 0.0955. The standard InChI is InChI=1S/C18H16N4O/c1-2-22-14-10-6-3-7-11(14)16(23)15(17(22)19)18-20-12-8-4-5-9-13(12)21-18/h3-10H,2,19H2,1H3,(H,20,21). The molecule has 0 radical (unpaired) electrons. The molecule has 4 aromatic rings. The highest BCUT2D eigenvalue weighted by molar-refractivity contribution is 5.90. The Labute approximate surface area is 132 Å². The Morgan fingerprint density at radius 3 is 2.65 bits per heavy atom. The van der Waals surface area contributed by atoms with Crippen LogP contribution in [0.2, 0.25) is 0 Å². The predicted molar refractivity (Wildman–Crippen MR) is 93.4 cm³/mol. The van der Waals surface area contributed by atoms with E-state index in [0.717, 1.165) is 16.6 Å². The highest BCUT2D eigenvalue weighted by Crippen LogP contribution is 2.26. The number of aromatic nitrogens is 3. The number of aromatic amines is 1. The van der Waals surface area contributed by atoms with Gasteiger partial charge in [-0.15, -0.1) is 0 Å². The van der Waals surface area contributed by atoms with Gasteiger partial charge in [-0.05, 0) is 31.2 Å². The summed E-state index contributed by atoms with van der Waals surface area (Å²) in [6.07, 6.45) is 0. The second kappa shape index (κ2) is 4.98. The van der Waals surface area contributed by atoms with Gasteiger partial charge in [0.1, 0.15) is 17.2 Å². The van der Waals surface area contributed by atoms with Crippen LogP contribution < -0.4 is 11.2 Å². The Morgan fingerprint density at radius 1 is 1.13 bits per heavy atom. The number of pyridine rings is 1. The van der Waals surface area contributed by atoms with Gasteiger partial charge in [0.15, 0.2) is 0 Å². The van der Waals surface area contributed by atoms with E-state index in [1.54, 1.807) is 0 Å². The van der Waals surface area contributed by atoms with Crippen molar-refractivity contribution in [2.75, 3.05) is 5.73 Å². The molecule has 0 saturated heterocycles. The van der Waals surface area contributed by atoms with Crippen LogP contribution in [0, 0.1) is 0 Å². The Morgan fingerprint density at radius 2 is 1.87 bits per heavy atom. The molecule has 4 rings (SSSR count). The number of benzene rings is 2. The number of rotatable bonds is 2. The molecule has 0 aliphatic rings. The highest BCUT2D eigenvalue weighted by Gasteiger charge is 2.18. The SMILES string of the molecule is CCn1c(N)c(-c2nc3ccccc3[nH]2)c(=O)c2ccccc21. The average molecular weight is 304 g/mol. The van der Waals surface area contributed by atoms with E-state index in [4.69, 9.17) is 5.73 Å². The van der Waals surface area contributed by atoms with Gasteiger partial charge in [-0.25, -0.2) is 4.98 Å². The normalized spacial score (nSPS) is 11.3. The largest absolute Gasteiger partial charge is 0.384 e. The first-order chi connectivity index (χ1) is 11.2. The minimum Gasteiger partial charge on any atom is -0.384 e. The lowest BCUT2D eigenvalue weighted by molar-refractivity contribution is 0.800. The fraction of sp³-hybridized carbons (Fsp3) is 0.111. The fourth-order valence-corrected chi connectivity index (χ4v) is 3.06. The first-order valence-electron chi connectivity index (χ1n) is 7.57. The van der Waals surface area contributed by atoms with Gasteiger partial charge >= 0.3 is 0 Å². The van der Waals surface area contributed by atoms with Crippen molar-refractivity contribution in [3.8, 4) is 11.4 Å². The predicted octanol–water partition coefficient (Wildman–Crippen LogP) is 3.15. The molecule has 5 heteroatoms. The van der Waals surface area contributed by atoms with E-state index >= 15 is 0 Å². The minimum atomic E-state index is -0.0955. The van der Waals surface area contributed by atoms with Crippen molar-refractivity contribution in [3.63, 3.8) is 0 Å². The zero-order valence-corrected chi connectivity index (χ0v) is 12.7. The van der Waals surface area contributed by atoms with Crippen LogP contribution in [0.25, 0.3) is 33.3 Å². The maximum absolute atomic E-state index is 12.9. The van der Waals surface area contributed by atoms with Crippen molar-refractivity contribution >= 4 is 27.8 Å². The van der Waals surface area contributed by atoms with Crippen molar-refractivity contribution < 1.29 is 0 Å². The van der Waals surface area contributed by atoms with Crippen LogP contribution in [-0.4, -0.2) is 14.5 Å². The molecule has 2 aromatic heterocycles. The van der Waals surface area contributed by atoms with E-state index < -0.39 is 0 Å². The molecule has 0 spiro atoms. The number of nitrogen functional groups attached to an aromatic ring is 1. The third-order valence-corrected chi connectivity index (χ3v) is 4.16. The zero-order valence-electron chi connectivity index (χ0n) is 12.7. The van der Waals surface area contributed by atoms with Gasteiger partial charge < -0.3 is 15.3 Å². The number of para-hydroxylation sites is 3. The van der Waals surface area contributed by atoms with Crippen molar-refractivity contribution in [1.82, 2.24) is 14.5 Å². The Balaban J connectivity index is 2.12. The molecular formula is C18H16N4O. The van der Waals surface area contributed by atoms with Gasteiger partial charge in [-0.1, -0.05) is 24.3 Å². The Kier molecular flexibility index (Phi) is 2.94. The summed E-state index contributed by atoms with van der Waals surface area (Å²) >= 11 is 0. The van der Waals surface area contributed by atoms with E-state index in [2.05, 4.69) is 9.97 Å². The van der Waals surface area contributed by atoms with Gasteiger partial charge in [0.2, 0.25) is 5.43 Å². The van der Waals surface area contributed by atoms with Gasteiger partial charge in [0.05, 0.1) is 16.6 Å². The van der Waals surface area contributed by atoms with Crippen molar-refractivity contribution in [3.05, 3.63) is 58.8 Å². The summed E-state index contributed by atoms with van der Waals surface area (Å²) in [7, 11) is 0. The zero-order chi connectivity index (χ0) is 16.0. The summed E-state index contributed by atoms with van der Waals surface area (Å²) in [5.41, 5.74) is 9.20. The third-order valence-electron chi connectivity index (χ3n) is 4.16. The summed E-state index contributed by atoms with van der Waals surface area (Å²) in [6.45, 7) is 2.69. The first kappa shape index (κ1) is 13.6. The summed E-state index contributed by atoms with van der Waals surface area (Å²) in [5.74, 6) is 0.955. The van der Waals surface area contributed by atoms with E-state index in [1.807, 2.05) is 60.0 Å². The number of nitrogens with one attached hydrogen (secondary N) is 1. The smallest absolute Gasteiger partial charge is 0.202 e. The molecular weight excluding hydrogens is 288 g/mol. The van der Waals surface area contributed by atoms with Crippen LogP contribution in [0.4, 0.5) is 5.82 Å². The molecule has 5 nitrogen and oxygen atoms in total. The molecule has 0 saturated carbocycles. The van der Waals surface area contributed by atoms with Gasteiger partial charge in [0.25, 0.3) is 0 Å². The molecule has 3 N–H and O–H groups in total. The number of hydrogen-bond donors (Lipinski definition) is 2. The summed E-state index contributed by atoms with van der Waals surface area (Å²) in [5, 5.41) is 0.652. The van der Waals surface area contributed by atoms with E-state index in [-0.39, 0.29) is 5.43 Å². The van der Waals surface area contributed by atoms with Crippen LogP contribution in [0.5, 0.6) is 0 Å². The third kappa shape index (κ3) is 1.93. The van der Waals surface area contributed by atoms with E-state index in [9.17, 15) is 4.79 Å². The van der Waals surface area contributed by atoms with Gasteiger partial charge in [-0.2, -0.15) is 0 Å². The summed E-state index contributed by atoms with van der Waals surface area (Å²) in [6, 6.07) is 15.2. The molecule has 2 heterocycles. The van der Waals surface area contributed by atoms with Crippen LogP contribution in [0.15, 0.2) is 53.3 Å². The van der Waals surface area contributed by atoms with Crippen LogP contribution in [0.1, 0.15) is 6.92 Å². The van der Waals surface area contributed by atoms with Gasteiger partial charge in [0, 0.05) is 11.9 Å². The quantitative estimate of drug-likeness (QED) is 0.597. The Bertz CT molecular complexity index is 1060. The topological polar surface area (TPSA) is 76.7 Å². The van der Waals surface area contributed by atoms with Crippen LogP contribution in [-0.2, 0) is 6.54 Å². The van der Waals surface area contributed by atoms with Crippen LogP contribution in [0.3, 0.4) is 0 Å². The fourth-order valence-electron chi connectivity index (χ4n) is 3.06. The molecule has 114 valence electrons. The maximum Gasteiger partial charge on any atom is 0.202 e. The average Bonchev–Trinajstić information content (AvgIpc) is 2.99. The summed E-state index contributed by atoms with van der Waals surface area (Å²) in [4.78, 5) is 20.7. The lowest BCUT2D eigenvalue weighted by Gasteiger charge is -2.15. The molecule has 0 fully saturated rings.